The molecule has 1 aliphatic carbocycles. The van der Waals surface area contributed by atoms with Crippen LogP contribution in [0, 0.1) is 0 Å². The fourth-order valence-corrected chi connectivity index (χ4v) is 2.00. The highest BCUT2D eigenvalue weighted by molar-refractivity contribution is 6.35. The number of benzene rings is 1. The van der Waals surface area contributed by atoms with E-state index in [1.165, 1.54) is 0 Å². The van der Waals surface area contributed by atoms with Crippen molar-refractivity contribution in [2.75, 3.05) is 6.61 Å². The van der Waals surface area contributed by atoms with Crippen molar-refractivity contribution in [1.82, 2.24) is 5.32 Å². The second-order valence-corrected chi connectivity index (χ2v) is 5.21. The second-order valence-electron chi connectivity index (χ2n) is 4.37. The van der Waals surface area contributed by atoms with Gasteiger partial charge in [0.15, 0.2) is 0 Å². The molecule has 0 atom stereocenters. The van der Waals surface area contributed by atoms with Gasteiger partial charge in [0.2, 0.25) is 5.91 Å². The Hall–Kier alpha value is -0.930. The maximum absolute atomic E-state index is 11.4. The van der Waals surface area contributed by atoms with Crippen LogP contribution in [0.25, 0.3) is 0 Å². The van der Waals surface area contributed by atoms with E-state index >= 15 is 0 Å². The molecule has 1 N–H and O–H groups in total. The Bertz CT molecular complexity index is 433. The van der Waals surface area contributed by atoms with Crippen molar-refractivity contribution in [2.24, 2.45) is 0 Å². The molecule has 1 amide bonds. The number of hydrogen-bond donors (Lipinski definition) is 1. The van der Waals surface area contributed by atoms with Crippen LogP contribution in [0.5, 0.6) is 5.75 Å². The molecule has 5 heteroatoms. The highest BCUT2D eigenvalue weighted by Crippen LogP contribution is 2.27. The van der Waals surface area contributed by atoms with Crippen LogP contribution in [0.2, 0.25) is 10.0 Å². The van der Waals surface area contributed by atoms with Crippen molar-refractivity contribution in [3.05, 3.63) is 28.2 Å². The zero-order valence-corrected chi connectivity index (χ0v) is 11.4. The molecule has 2 rings (SSSR count). The van der Waals surface area contributed by atoms with Crippen LogP contribution >= 0.6 is 23.2 Å². The van der Waals surface area contributed by atoms with Gasteiger partial charge in [0, 0.05) is 17.5 Å². The van der Waals surface area contributed by atoms with Gasteiger partial charge in [-0.2, -0.15) is 0 Å². The molecule has 3 nitrogen and oxygen atoms in total. The first-order chi connectivity index (χ1) is 8.65. The molecule has 0 heterocycles. The summed E-state index contributed by atoms with van der Waals surface area (Å²) in [7, 11) is 0. The van der Waals surface area contributed by atoms with Gasteiger partial charge in [0.25, 0.3) is 0 Å². The van der Waals surface area contributed by atoms with Crippen LogP contribution in [-0.2, 0) is 4.79 Å². The van der Waals surface area contributed by atoms with Gasteiger partial charge >= 0.3 is 0 Å². The third kappa shape index (κ3) is 4.39. The number of rotatable bonds is 6. The summed E-state index contributed by atoms with van der Waals surface area (Å²) in [5.41, 5.74) is 0. The first kappa shape index (κ1) is 13.5. The molecule has 0 unspecified atom stereocenters. The van der Waals surface area contributed by atoms with E-state index in [9.17, 15) is 4.79 Å². The van der Waals surface area contributed by atoms with E-state index in [-0.39, 0.29) is 5.91 Å². The van der Waals surface area contributed by atoms with Crippen molar-refractivity contribution in [1.29, 1.82) is 0 Å². The highest BCUT2D eigenvalue weighted by Gasteiger charge is 2.22. The van der Waals surface area contributed by atoms with E-state index in [0.717, 1.165) is 12.8 Å². The van der Waals surface area contributed by atoms with Gasteiger partial charge < -0.3 is 10.1 Å². The molecule has 0 aromatic heterocycles. The fraction of sp³-hybridized carbons (Fsp3) is 0.462. The molecule has 0 saturated heterocycles. The van der Waals surface area contributed by atoms with Gasteiger partial charge in [-0.3, -0.25) is 4.79 Å². The molecule has 1 fully saturated rings. The Kier molecular flexibility index (Phi) is 4.72. The molecule has 0 spiro atoms. The van der Waals surface area contributed by atoms with Crippen LogP contribution in [0.1, 0.15) is 25.7 Å². The van der Waals surface area contributed by atoms with Gasteiger partial charge in [0.1, 0.15) is 5.75 Å². The topological polar surface area (TPSA) is 38.3 Å². The molecule has 0 aliphatic heterocycles. The number of carbonyl (C=O) groups is 1. The molecule has 18 heavy (non-hydrogen) atoms. The minimum atomic E-state index is 0.100. The minimum absolute atomic E-state index is 0.100. The number of nitrogens with one attached hydrogen (secondary N) is 1. The van der Waals surface area contributed by atoms with Crippen LogP contribution in [-0.4, -0.2) is 18.6 Å². The summed E-state index contributed by atoms with van der Waals surface area (Å²) in [5, 5.41) is 4.00. The number of ether oxygens (including phenoxy) is 1. The van der Waals surface area contributed by atoms with E-state index in [0.29, 0.717) is 41.3 Å². The molecular formula is C13H15Cl2NO2. The quantitative estimate of drug-likeness (QED) is 0.814. The summed E-state index contributed by atoms with van der Waals surface area (Å²) in [4.78, 5) is 11.4. The van der Waals surface area contributed by atoms with E-state index in [1.807, 2.05) is 0 Å². The Morgan fingerprint density at radius 1 is 1.39 bits per heavy atom. The number of carbonyl (C=O) groups excluding carboxylic acids is 1. The first-order valence-electron chi connectivity index (χ1n) is 6.02. The van der Waals surface area contributed by atoms with Crippen LogP contribution in [0.3, 0.4) is 0 Å². The third-order valence-corrected chi connectivity index (χ3v) is 3.17. The predicted octanol–water partition coefficient (Wildman–Crippen LogP) is 3.43. The fourth-order valence-electron chi connectivity index (χ4n) is 1.53. The van der Waals surface area contributed by atoms with Crippen molar-refractivity contribution in [3.63, 3.8) is 0 Å². The third-order valence-electron chi connectivity index (χ3n) is 2.64. The van der Waals surface area contributed by atoms with Crippen LogP contribution in [0.4, 0.5) is 0 Å². The first-order valence-corrected chi connectivity index (χ1v) is 6.78. The average molecular weight is 288 g/mol. The molecular weight excluding hydrogens is 273 g/mol. The lowest BCUT2D eigenvalue weighted by Gasteiger charge is -2.08. The van der Waals surface area contributed by atoms with Gasteiger partial charge in [-0.1, -0.05) is 23.2 Å². The summed E-state index contributed by atoms with van der Waals surface area (Å²) in [6, 6.07) is 5.51. The van der Waals surface area contributed by atoms with Gasteiger partial charge in [-0.15, -0.1) is 0 Å². The Balaban J connectivity index is 1.66. The van der Waals surface area contributed by atoms with Crippen molar-refractivity contribution >= 4 is 29.1 Å². The summed E-state index contributed by atoms with van der Waals surface area (Å²) >= 11 is 11.7. The number of amides is 1. The molecule has 1 aliphatic rings. The van der Waals surface area contributed by atoms with Crippen molar-refractivity contribution in [3.8, 4) is 5.75 Å². The summed E-state index contributed by atoms with van der Waals surface area (Å²) < 4.78 is 5.49. The van der Waals surface area contributed by atoms with Crippen LogP contribution in [0.15, 0.2) is 18.2 Å². The van der Waals surface area contributed by atoms with E-state index in [1.54, 1.807) is 18.2 Å². The maximum atomic E-state index is 11.4. The van der Waals surface area contributed by atoms with E-state index in [2.05, 4.69) is 5.32 Å². The Morgan fingerprint density at radius 2 is 2.17 bits per heavy atom. The van der Waals surface area contributed by atoms with E-state index in [4.69, 9.17) is 27.9 Å². The average Bonchev–Trinajstić information content (AvgIpc) is 3.10. The molecule has 1 aromatic carbocycles. The standard InChI is InChI=1S/C13H15Cl2NO2/c14-9-3-6-12(11(15)8-9)18-7-1-2-13(17)16-10-4-5-10/h3,6,8,10H,1-2,4-5,7H2,(H,16,17). The van der Waals surface area contributed by atoms with Crippen molar-refractivity contribution < 1.29 is 9.53 Å². The van der Waals surface area contributed by atoms with E-state index < -0.39 is 0 Å². The smallest absolute Gasteiger partial charge is 0.220 e. The largest absolute Gasteiger partial charge is 0.492 e. The van der Waals surface area contributed by atoms with Gasteiger partial charge in [-0.25, -0.2) is 0 Å². The molecule has 98 valence electrons. The number of hydrogen-bond acceptors (Lipinski definition) is 2. The molecule has 1 aromatic rings. The minimum Gasteiger partial charge on any atom is -0.492 e. The zero-order valence-electron chi connectivity index (χ0n) is 9.92. The molecule has 1 saturated carbocycles. The van der Waals surface area contributed by atoms with Crippen LogP contribution < -0.4 is 10.1 Å². The lowest BCUT2D eigenvalue weighted by molar-refractivity contribution is -0.121. The van der Waals surface area contributed by atoms with Gasteiger partial charge in [-0.05, 0) is 37.5 Å². The summed E-state index contributed by atoms with van der Waals surface area (Å²) in [6.07, 6.45) is 3.39. The van der Waals surface area contributed by atoms with Crippen molar-refractivity contribution in [2.45, 2.75) is 31.7 Å². The molecule has 0 radical (unpaired) electrons. The zero-order chi connectivity index (χ0) is 13.0. The maximum Gasteiger partial charge on any atom is 0.220 e. The second kappa shape index (κ2) is 6.30. The Morgan fingerprint density at radius 3 is 2.83 bits per heavy atom. The summed E-state index contributed by atoms with van der Waals surface area (Å²) in [6.45, 7) is 0.472. The van der Waals surface area contributed by atoms with Gasteiger partial charge in [0.05, 0.1) is 11.6 Å². The predicted molar refractivity (Wildman–Crippen MR) is 72.4 cm³/mol. The monoisotopic (exact) mass is 287 g/mol. The Labute approximate surface area is 116 Å². The number of halogens is 2. The SMILES string of the molecule is O=C(CCCOc1ccc(Cl)cc1Cl)NC1CC1. The normalized spacial score (nSPS) is 14.3. The lowest BCUT2D eigenvalue weighted by atomic mass is 10.3. The highest BCUT2D eigenvalue weighted by atomic mass is 35.5. The molecule has 0 bridgehead atoms. The lowest BCUT2D eigenvalue weighted by Crippen LogP contribution is -2.25. The summed E-state index contributed by atoms with van der Waals surface area (Å²) in [5.74, 6) is 0.701.